The van der Waals surface area contributed by atoms with Gasteiger partial charge in [0.1, 0.15) is 11.4 Å². The van der Waals surface area contributed by atoms with E-state index in [1.54, 1.807) is 0 Å². The van der Waals surface area contributed by atoms with Crippen molar-refractivity contribution in [3.05, 3.63) is 28.3 Å². The van der Waals surface area contributed by atoms with Gasteiger partial charge in [0.25, 0.3) is 5.69 Å². The maximum atomic E-state index is 10.4. The van der Waals surface area contributed by atoms with E-state index in [2.05, 4.69) is 5.43 Å². The van der Waals surface area contributed by atoms with Gasteiger partial charge in [-0.3, -0.25) is 16.0 Å². The highest BCUT2D eigenvalue weighted by molar-refractivity contribution is 8.93. The molecule has 0 aliphatic rings. The molecule has 14 heavy (non-hydrogen) atoms. The molecule has 0 fully saturated rings. The Morgan fingerprint density at radius 2 is 2.21 bits per heavy atom. The second kappa shape index (κ2) is 5.40. The van der Waals surface area contributed by atoms with E-state index in [1.807, 2.05) is 0 Å². The summed E-state index contributed by atoms with van der Waals surface area (Å²) in [6.07, 6.45) is 0. The lowest BCUT2D eigenvalue weighted by Gasteiger charge is -2.03. The van der Waals surface area contributed by atoms with E-state index in [9.17, 15) is 10.1 Å². The van der Waals surface area contributed by atoms with Crippen LogP contribution in [0.4, 0.5) is 11.4 Å². The van der Waals surface area contributed by atoms with Crippen molar-refractivity contribution in [1.29, 1.82) is 0 Å². The van der Waals surface area contributed by atoms with Gasteiger partial charge in [0.2, 0.25) is 0 Å². The number of ether oxygens (including phenoxy) is 1. The third-order valence-corrected chi connectivity index (χ3v) is 1.56. The molecule has 1 aromatic rings. The molecular weight excluding hydrogens is 254 g/mol. The molecule has 1 aromatic carbocycles. The van der Waals surface area contributed by atoms with Gasteiger partial charge >= 0.3 is 0 Å². The first-order valence-corrected chi connectivity index (χ1v) is 3.48. The number of hydrogen-bond donors (Lipinski definition) is 2. The van der Waals surface area contributed by atoms with Crippen LogP contribution in [0.1, 0.15) is 0 Å². The second-order valence-corrected chi connectivity index (χ2v) is 2.28. The van der Waals surface area contributed by atoms with Crippen molar-refractivity contribution in [1.82, 2.24) is 0 Å². The minimum Gasteiger partial charge on any atom is -0.497 e. The molecule has 0 aromatic heterocycles. The minimum absolute atomic E-state index is 0. The van der Waals surface area contributed by atoms with E-state index < -0.39 is 4.92 Å². The molecule has 0 spiro atoms. The number of rotatable bonds is 3. The van der Waals surface area contributed by atoms with Crippen LogP contribution in [-0.2, 0) is 0 Å². The summed E-state index contributed by atoms with van der Waals surface area (Å²) in [6, 6.07) is 4.28. The van der Waals surface area contributed by atoms with E-state index in [1.165, 1.54) is 25.3 Å². The van der Waals surface area contributed by atoms with Crippen LogP contribution in [0.25, 0.3) is 0 Å². The van der Waals surface area contributed by atoms with Crippen molar-refractivity contribution < 1.29 is 9.66 Å². The Morgan fingerprint density at radius 1 is 1.57 bits per heavy atom. The Hall–Kier alpha value is -1.34. The number of methoxy groups -OCH3 is 1. The lowest BCUT2D eigenvalue weighted by atomic mass is 10.2. The molecular formula is C7H10BrN3O3. The molecule has 0 atom stereocenters. The zero-order chi connectivity index (χ0) is 9.84. The molecule has 78 valence electrons. The number of anilines is 1. The Kier molecular flexibility index (Phi) is 4.89. The van der Waals surface area contributed by atoms with E-state index in [-0.39, 0.29) is 28.4 Å². The summed E-state index contributed by atoms with van der Waals surface area (Å²) < 4.78 is 4.87. The highest BCUT2D eigenvalue weighted by atomic mass is 79.9. The van der Waals surface area contributed by atoms with Gasteiger partial charge < -0.3 is 10.2 Å². The Bertz CT molecular complexity index is 332. The summed E-state index contributed by atoms with van der Waals surface area (Å²) in [4.78, 5) is 9.93. The van der Waals surface area contributed by atoms with Gasteiger partial charge in [-0.25, -0.2) is 0 Å². The van der Waals surface area contributed by atoms with Gasteiger partial charge in [-0.2, -0.15) is 0 Å². The van der Waals surface area contributed by atoms with Gasteiger partial charge in [-0.1, -0.05) is 0 Å². The number of halogens is 1. The summed E-state index contributed by atoms with van der Waals surface area (Å²) in [7, 11) is 1.47. The summed E-state index contributed by atoms with van der Waals surface area (Å²) in [5, 5.41) is 10.4. The molecule has 0 saturated heterocycles. The highest BCUT2D eigenvalue weighted by Crippen LogP contribution is 2.27. The number of benzene rings is 1. The molecule has 0 saturated carbocycles. The number of nitro benzene ring substituents is 1. The standard InChI is InChI=1S/C7H9N3O3.BrH/c1-13-5-2-3-7(10(11)12)6(4-5)9-8;/h2-4,9H,8H2,1H3;1H. The monoisotopic (exact) mass is 263 g/mol. The first-order chi connectivity index (χ1) is 6.19. The smallest absolute Gasteiger partial charge is 0.293 e. The predicted molar refractivity (Wildman–Crippen MR) is 57.8 cm³/mol. The third-order valence-electron chi connectivity index (χ3n) is 1.56. The largest absolute Gasteiger partial charge is 0.497 e. The topological polar surface area (TPSA) is 90.4 Å². The molecule has 0 amide bonds. The number of nitrogens with one attached hydrogen (secondary N) is 1. The fraction of sp³-hybridized carbons (Fsp3) is 0.143. The Labute approximate surface area is 90.9 Å². The van der Waals surface area contributed by atoms with Crippen molar-refractivity contribution in [2.75, 3.05) is 12.5 Å². The fourth-order valence-corrected chi connectivity index (χ4v) is 0.917. The molecule has 1 rings (SSSR count). The quantitative estimate of drug-likeness (QED) is 0.490. The summed E-state index contributed by atoms with van der Waals surface area (Å²) >= 11 is 0. The van der Waals surface area contributed by atoms with Gasteiger partial charge in [-0.05, 0) is 6.07 Å². The first-order valence-electron chi connectivity index (χ1n) is 3.48. The molecule has 0 radical (unpaired) electrons. The average Bonchev–Trinajstić information content (AvgIpc) is 2.16. The van der Waals surface area contributed by atoms with Crippen LogP contribution in [-0.4, -0.2) is 12.0 Å². The summed E-state index contributed by atoms with van der Waals surface area (Å²) in [6.45, 7) is 0. The van der Waals surface area contributed by atoms with E-state index in [0.29, 0.717) is 5.75 Å². The number of nitrogen functional groups attached to an aromatic ring is 1. The summed E-state index contributed by atoms with van der Waals surface area (Å²) in [5.41, 5.74) is 2.38. The van der Waals surface area contributed by atoms with Crippen LogP contribution in [0.5, 0.6) is 5.75 Å². The number of nitrogens with zero attached hydrogens (tertiary/aromatic N) is 1. The maximum Gasteiger partial charge on any atom is 0.293 e. The van der Waals surface area contributed by atoms with Gasteiger partial charge in [0.15, 0.2) is 0 Å². The van der Waals surface area contributed by atoms with Crippen LogP contribution < -0.4 is 16.0 Å². The Balaban J connectivity index is 0.00000169. The van der Waals surface area contributed by atoms with Crippen molar-refractivity contribution in [2.24, 2.45) is 5.84 Å². The van der Waals surface area contributed by atoms with Crippen molar-refractivity contribution in [3.63, 3.8) is 0 Å². The first kappa shape index (κ1) is 12.7. The van der Waals surface area contributed by atoms with E-state index in [4.69, 9.17) is 10.6 Å². The number of hydrazine groups is 1. The predicted octanol–water partition coefficient (Wildman–Crippen LogP) is 1.47. The molecule has 0 bridgehead atoms. The third kappa shape index (κ3) is 2.57. The van der Waals surface area contributed by atoms with Crippen molar-refractivity contribution >= 4 is 28.4 Å². The van der Waals surface area contributed by atoms with Gasteiger partial charge in [0.05, 0.1) is 12.0 Å². The van der Waals surface area contributed by atoms with Crippen LogP contribution in [0, 0.1) is 10.1 Å². The minimum atomic E-state index is -0.519. The van der Waals surface area contributed by atoms with Gasteiger partial charge in [-0.15, -0.1) is 17.0 Å². The maximum absolute atomic E-state index is 10.4. The highest BCUT2D eigenvalue weighted by Gasteiger charge is 2.12. The Morgan fingerprint density at radius 3 is 2.64 bits per heavy atom. The fourth-order valence-electron chi connectivity index (χ4n) is 0.917. The number of nitrogens with two attached hydrogens (primary N) is 1. The molecule has 7 heteroatoms. The van der Waals surface area contributed by atoms with Crippen LogP contribution in [0.2, 0.25) is 0 Å². The molecule has 0 unspecified atom stereocenters. The normalized spacial score (nSPS) is 8.71. The van der Waals surface area contributed by atoms with Crippen LogP contribution in [0.3, 0.4) is 0 Å². The van der Waals surface area contributed by atoms with Crippen molar-refractivity contribution in [3.8, 4) is 5.75 Å². The number of nitro groups is 1. The van der Waals surface area contributed by atoms with Crippen molar-refractivity contribution in [2.45, 2.75) is 0 Å². The SMILES string of the molecule is Br.COc1ccc([N+](=O)[O-])c(NN)c1. The molecule has 0 heterocycles. The zero-order valence-electron chi connectivity index (χ0n) is 7.39. The number of hydrogen-bond acceptors (Lipinski definition) is 5. The molecule has 0 aliphatic carbocycles. The molecule has 6 nitrogen and oxygen atoms in total. The lowest BCUT2D eigenvalue weighted by molar-refractivity contribution is -0.384. The lowest BCUT2D eigenvalue weighted by Crippen LogP contribution is -2.09. The van der Waals surface area contributed by atoms with Crippen LogP contribution in [0.15, 0.2) is 18.2 Å². The van der Waals surface area contributed by atoms with Crippen LogP contribution >= 0.6 is 17.0 Å². The average molecular weight is 264 g/mol. The van der Waals surface area contributed by atoms with E-state index >= 15 is 0 Å². The van der Waals surface area contributed by atoms with E-state index in [0.717, 1.165) is 0 Å². The van der Waals surface area contributed by atoms with Gasteiger partial charge in [0, 0.05) is 12.1 Å². The molecule has 3 N–H and O–H groups in total. The second-order valence-electron chi connectivity index (χ2n) is 2.28. The molecule has 0 aliphatic heterocycles. The zero-order valence-corrected chi connectivity index (χ0v) is 9.10. The summed E-state index contributed by atoms with van der Waals surface area (Å²) in [5.74, 6) is 5.61.